The summed E-state index contributed by atoms with van der Waals surface area (Å²) >= 11 is 9.20. The maximum atomic E-state index is 10.7. The summed E-state index contributed by atoms with van der Waals surface area (Å²) in [6.45, 7) is 0.591. The van der Waals surface area contributed by atoms with E-state index in [0.29, 0.717) is 18.1 Å². The van der Waals surface area contributed by atoms with Crippen molar-refractivity contribution >= 4 is 47.3 Å². The van der Waals surface area contributed by atoms with Crippen LogP contribution in [-0.2, 0) is 9.05 Å². The minimum Gasteiger partial charge on any atom is -0.492 e. The highest BCUT2D eigenvalue weighted by Gasteiger charge is 2.04. The van der Waals surface area contributed by atoms with Gasteiger partial charge in [-0.2, -0.15) is 0 Å². The molecule has 7 heteroatoms. The van der Waals surface area contributed by atoms with Crippen LogP contribution in [0.4, 0.5) is 0 Å². The summed E-state index contributed by atoms with van der Waals surface area (Å²) in [5.74, 6) is 0.797. The van der Waals surface area contributed by atoms with Crippen molar-refractivity contribution in [1.29, 1.82) is 0 Å². The summed E-state index contributed by atoms with van der Waals surface area (Å²) in [6.07, 6.45) is 3.21. The van der Waals surface area contributed by atoms with Gasteiger partial charge in [0.25, 0.3) is 0 Å². The molecule has 0 fully saturated rings. The van der Waals surface area contributed by atoms with Crippen LogP contribution in [0.15, 0.2) is 22.7 Å². The minimum atomic E-state index is -3.35. The smallest absolute Gasteiger partial charge is 0.232 e. The molecule has 1 rings (SSSR count). The SMILES string of the molecule is O=S(=O)(Cl)CCCCCCOc1ccc(Cl)cc1Br. The maximum Gasteiger partial charge on any atom is 0.232 e. The molecule has 0 atom stereocenters. The number of benzene rings is 1. The monoisotopic (exact) mass is 388 g/mol. The van der Waals surface area contributed by atoms with E-state index in [1.807, 2.05) is 6.07 Å². The van der Waals surface area contributed by atoms with Crippen LogP contribution < -0.4 is 4.74 Å². The van der Waals surface area contributed by atoms with E-state index in [9.17, 15) is 8.42 Å². The molecule has 0 aromatic heterocycles. The summed E-state index contributed by atoms with van der Waals surface area (Å²) in [7, 11) is 1.77. The van der Waals surface area contributed by atoms with E-state index in [1.54, 1.807) is 12.1 Å². The topological polar surface area (TPSA) is 43.4 Å². The predicted molar refractivity (Wildman–Crippen MR) is 82.8 cm³/mol. The molecule has 0 unspecified atom stereocenters. The van der Waals surface area contributed by atoms with Gasteiger partial charge < -0.3 is 4.74 Å². The molecule has 0 aliphatic rings. The molecular weight excluding hydrogens is 375 g/mol. The van der Waals surface area contributed by atoms with Crippen molar-refractivity contribution in [2.45, 2.75) is 25.7 Å². The van der Waals surface area contributed by atoms with Crippen LogP contribution in [0.1, 0.15) is 25.7 Å². The molecule has 0 amide bonds. The van der Waals surface area contributed by atoms with Crippen molar-refractivity contribution in [2.75, 3.05) is 12.4 Å². The van der Waals surface area contributed by atoms with Gasteiger partial charge in [0.1, 0.15) is 5.75 Å². The van der Waals surface area contributed by atoms with Gasteiger partial charge in [-0.1, -0.05) is 24.4 Å². The third-order valence-electron chi connectivity index (χ3n) is 2.43. The van der Waals surface area contributed by atoms with Crippen molar-refractivity contribution in [2.24, 2.45) is 0 Å². The number of hydrogen-bond acceptors (Lipinski definition) is 3. The lowest BCUT2D eigenvalue weighted by Gasteiger charge is -2.08. The second-order valence-corrected chi connectivity index (χ2v) is 8.27. The summed E-state index contributed by atoms with van der Waals surface area (Å²) in [4.78, 5) is 0. The van der Waals surface area contributed by atoms with E-state index < -0.39 is 9.05 Å². The van der Waals surface area contributed by atoms with Gasteiger partial charge >= 0.3 is 0 Å². The first-order chi connectivity index (χ1) is 8.88. The van der Waals surface area contributed by atoms with E-state index in [2.05, 4.69) is 15.9 Å². The number of unbranched alkanes of at least 4 members (excludes halogenated alkanes) is 3. The molecule has 0 saturated carbocycles. The van der Waals surface area contributed by atoms with Crippen molar-refractivity contribution in [3.63, 3.8) is 0 Å². The number of ether oxygens (including phenoxy) is 1. The Morgan fingerprint density at radius 1 is 1.16 bits per heavy atom. The molecule has 0 radical (unpaired) electrons. The Kier molecular flexibility index (Phi) is 7.50. The molecule has 1 aromatic rings. The fourth-order valence-corrected chi connectivity index (χ4v) is 3.18. The highest BCUT2D eigenvalue weighted by atomic mass is 79.9. The second-order valence-electron chi connectivity index (χ2n) is 4.08. The third kappa shape index (κ3) is 8.02. The van der Waals surface area contributed by atoms with Crippen molar-refractivity contribution in [1.82, 2.24) is 0 Å². The van der Waals surface area contributed by atoms with Crippen LogP contribution in [0, 0.1) is 0 Å². The Labute approximate surface area is 131 Å². The number of hydrogen-bond donors (Lipinski definition) is 0. The van der Waals surface area contributed by atoms with E-state index in [4.69, 9.17) is 27.0 Å². The maximum absolute atomic E-state index is 10.7. The van der Waals surface area contributed by atoms with Crippen LogP contribution in [0.5, 0.6) is 5.75 Å². The van der Waals surface area contributed by atoms with E-state index >= 15 is 0 Å². The zero-order valence-corrected chi connectivity index (χ0v) is 14.2. The fourth-order valence-electron chi connectivity index (χ4n) is 1.50. The van der Waals surface area contributed by atoms with Crippen LogP contribution in [0.3, 0.4) is 0 Å². The zero-order valence-electron chi connectivity index (χ0n) is 10.2. The lowest BCUT2D eigenvalue weighted by Crippen LogP contribution is -2.00. The van der Waals surface area contributed by atoms with Gasteiger partial charge in [0, 0.05) is 15.7 Å². The van der Waals surface area contributed by atoms with Gasteiger partial charge in [-0.05, 0) is 47.0 Å². The lowest BCUT2D eigenvalue weighted by atomic mass is 10.2. The molecule has 0 saturated heterocycles. The van der Waals surface area contributed by atoms with Gasteiger partial charge in [-0.25, -0.2) is 8.42 Å². The molecule has 108 valence electrons. The van der Waals surface area contributed by atoms with Crippen LogP contribution in [-0.4, -0.2) is 20.8 Å². The molecule has 0 heterocycles. The first-order valence-corrected chi connectivity index (χ1v) is 9.53. The first kappa shape index (κ1) is 17.1. The van der Waals surface area contributed by atoms with Crippen molar-refractivity contribution in [3.05, 3.63) is 27.7 Å². The summed E-state index contributed by atoms with van der Waals surface area (Å²) in [5, 5.41) is 0.654. The van der Waals surface area contributed by atoms with Gasteiger partial charge in [-0.15, -0.1) is 0 Å². The molecule has 0 bridgehead atoms. The average molecular weight is 390 g/mol. The summed E-state index contributed by atoms with van der Waals surface area (Å²) in [6, 6.07) is 5.36. The largest absolute Gasteiger partial charge is 0.492 e. The predicted octanol–water partition coefficient (Wildman–Crippen LogP) is 4.61. The Hall–Kier alpha value is 0.0300. The third-order valence-corrected chi connectivity index (χ3v) is 4.53. The highest BCUT2D eigenvalue weighted by Crippen LogP contribution is 2.28. The van der Waals surface area contributed by atoms with Crippen LogP contribution >= 0.6 is 38.2 Å². The van der Waals surface area contributed by atoms with Crippen molar-refractivity contribution < 1.29 is 13.2 Å². The molecule has 0 N–H and O–H groups in total. The van der Waals surface area contributed by atoms with Crippen molar-refractivity contribution in [3.8, 4) is 5.75 Å². The standard InChI is InChI=1S/C12H15BrCl2O3S/c13-11-9-10(14)5-6-12(11)18-7-3-1-2-4-8-19(15,16)17/h5-6,9H,1-4,7-8H2. The molecule has 0 aliphatic carbocycles. The lowest BCUT2D eigenvalue weighted by molar-refractivity contribution is 0.303. The van der Waals surface area contributed by atoms with Crippen LogP contribution in [0.2, 0.25) is 5.02 Å². The average Bonchev–Trinajstić information content (AvgIpc) is 2.29. The Morgan fingerprint density at radius 2 is 1.84 bits per heavy atom. The van der Waals surface area contributed by atoms with Crippen LogP contribution in [0.25, 0.3) is 0 Å². The van der Waals surface area contributed by atoms with E-state index in [-0.39, 0.29) is 5.75 Å². The molecular formula is C12H15BrCl2O3S. The summed E-state index contributed by atoms with van der Waals surface area (Å²) in [5.41, 5.74) is 0. The fraction of sp³-hybridized carbons (Fsp3) is 0.500. The van der Waals surface area contributed by atoms with E-state index in [0.717, 1.165) is 29.5 Å². The van der Waals surface area contributed by atoms with Gasteiger partial charge in [0.15, 0.2) is 0 Å². The molecule has 0 aliphatic heterocycles. The summed E-state index contributed by atoms with van der Waals surface area (Å²) < 4.78 is 27.8. The van der Waals surface area contributed by atoms with Gasteiger partial charge in [0.05, 0.1) is 16.8 Å². The number of halogens is 3. The Morgan fingerprint density at radius 3 is 2.47 bits per heavy atom. The second kappa shape index (κ2) is 8.35. The first-order valence-electron chi connectivity index (χ1n) is 5.89. The molecule has 3 nitrogen and oxygen atoms in total. The van der Waals surface area contributed by atoms with E-state index in [1.165, 1.54) is 0 Å². The Balaban J connectivity index is 2.14. The molecule has 0 spiro atoms. The van der Waals surface area contributed by atoms with Gasteiger partial charge in [-0.3, -0.25) is 0 Å². The normalized spacial score (nSPS) is 11.5. The molecule has 1 aromatic carbocycles. The highest BCUT2D eigenvalue weighted by molar-refractivity contribution is 9.10. The minimum absolute atomic E-state index is 0.0398. The zero-order chi connectivity index (χ0) is 14.3. The quantitative estimate of drug-likeness (QED) is 0.481. The molecule has 19 heavy (non-hydrogen) atoms. The number of rotatable bonds is 8. The Bertz CT molecular complexity index is 506. The van der Waals surface area contributed by atoms with Gasteiger partial charge in [0.2, 0.25) is 9.05 Å².